The molecule has 3 heteroatoms. The molecule has 0 bridgehead atoms. The number of anilines is 1. The van der Waals surface area contributed by atoms with E-state index in [2.05, 4.69) is 0 Å². The normalized spacial score (nSPS) is 14.5. The number of fused-ring (bicyclic) bond motifs is 1. The first kappa shape index (κ1) is 13.4. The van der Waals surface area contributed by atoms with Gasteiger partial charge in [0.2, 0.25) is 5.91 Å². The van der Waals surface area contributed by atoms with Crippen molar-refractivity contribution in [2.75, 3.05) is 11.4 Å². The van der Waals surface area contributed by atoms with Gasteiger partial charge < -0.3 is 10.0 Å². The summed E-state index contributed by atoms with van der Waals surface area (Å²) in [5.74, 6) is 0.298. The standard InChI is InChI=1S/C18H17NO2/c20-16-10-8-15-9-11-18(21)19(17(15)13-16)12-4-7-14-5-2-1-3-6-14/h1-8,10,13,20H,9,11-12H2. The van der Waals surface area contributed by atoms with Crippen molar-refractivity contribution in [2.45, 2.75) is 12.8 Å². The molecule has 1 heterocycles. The van der Waals surface area contributed by atoms with Crippen molar-refractivity contribution >= 4 is 17.7 Å². The Morgan fingerprint density at radius 1 is 1.10 bits per heavy atom. The molecule has 0 fully saturated rings. The minimum Gasteiger partial charge on any atom is -0.508 e. The highest BCUT2D eigenvalue weighted by Crippen LogP contribution is 2.30. The number of amides is 1. The van der Waals surface area contributed by atoms with Crippen molar-refractivity contribution in [1.29, 1.82) is 0 Å². The van der Waals surface area contributed by atoms with Crippen molar-refractivity contribution in [3.8, 4) is 5.75 Å². The lowest BCUT2D eigenvalue weighted by molar-refractivity contribution is -0.118. The Bertz CT molecular complexity index is 677. The van der Waals surface area contributed by atoms with Gasteiger partial charge in [-0.1, -0.05) is 48.6 Å². The van der Waals surface area contributed by atoms with Crippen LogP contribution in [0.25, 0.3) is 6.08 Å². The zero-order chi connectivity index (χ0) is 14.7. The van der Waals surface area contributed by atoms with Crippen LogP contribution in [0, 0.1) is 0 Å². The third kappa shape index (κ3) is 2.97. The average Bonchev–Trinajstić information content (AvgIpc) is 2.50. The molecule has 0 aromatic heterocycles. The topological polar surface area (TPSA) is 40.5 Å². The van der Waals surface area contributed by atoms with E-state index >= 15 is 0 Å². The lowest BCUT2D eigenvalue weighted by Gasteiger charge is -2.28. The van der Waals surface area contributed by atoms with Crippen LogP contribution in [0.2, 0.25) is 0 Å². The van der Waals surface area contributed by atoms with Gasteiger partial charge >= 0.3 is 0 Å². The molecule has 3 rings (SSSR count). The highest BCUT2D eigenvalue weighted by Gasteiger charge is 2.23. The highest BCUT2D eigenvalue weighted by atomic mass is 16.3. The van der Waals surface area contributed by atoms with Gasteiger partial charge in [-0.05, 0) is 23.6 Å². The van der Waals surface area contributed by atoms with E-state index in [0.717, 1.165) is 23.2 Å². The summed E-state index contributed by atoms with van der Waals surface area (Å²) < 4.78 is 0. The molecule has 1 aliphatic rings. The van der Waals surface area contributed by atoms with Gasteiger partial charge in [-0.25, -0.2) is 0 Å². The number of hydrogen-bond donors (Lipinski definition) is 1. The summed E-state index contributed by atoms with van der Waals surface area (Å²) in [7, 11) is 0. The second-order valence-electron chi connectivity index (χ2n) is 5.13. The zero-order valence-corrected chi connectivity index (χ0v) is 11.7. The fraction of sp³-hybridized carbons (Fsp3) is 0.167. The Morgan fingerprint density at radius 2 is 1.90 bits per heavy atom. The summed E-state index contributed by atoms with van der Waals surface area (Å²) in [6, 6.07) is 15.2. The summed E-state index contributed by atoms with van der Waals surface area (Å²) in [6.45, 7) is 0.518. The van der Waals surface area contributed by atoms with Crippen LogP contribution in [0.15, 0.2) is 54.6 Å². The molecule has 1 N–H and O–H groups in total. The first-order valence-corrected chi connectivity index (χ1v) is 7.08. The van der Waals surface area contributed by atoms with E-state index in [1.165, 1.54) is 0 Å². The molecule has 0 spiro atoms. The van der Waals surface area contributed by atoms with Crippen LogP contribution in [0.4, 0.5) is 5.69 Å². The summed E-state index contributed by atoms with van der Waals surface area (Å²) in [5.41, 5.74) is 3.04. The maximum Gasteiger partial charge on any atom is 0.227 e. The maximum absolute atomic E-state index is 12.1. The molecular weight excluding hydrogens is 262 g/mol. The molecule has 0 saturated carbocycles. The predicted molar refractivity (Wildman–Crippen MR) is 84.3 cm³/mol. The van der Waals surface area contributed by atoms with Crippen molar-refractivity contribution < 1.29 is 9.90 Å². The lowest BCUT2D eigenvalue weighted by atomic mass is 10.0. The summed E-state index contributed by atoms with van der Waals surface area (Å²) in [4.78, 5) is 13.9. The Balaban J connectivity index is 1.80. The summed E-state index contributed by atoms with van der Waals surface area (Å²) in [5, 5.41) is 9.64. The van der Waals surface area contributed by atoms with E-state index < -0.39 is 0 Å². The number of benzene rings is 2. The number of phenolic OH excluding ortho intramolecular Hbond substituents is 1. The van der Waals surface area contributed by atoms with Crippen LogP contribution in [0.5, 0.6) is 5.75 Å². The molecule has 21 heavy (non-hydrogen) atoms. The van der Waals surface area contributed by atoms with Gasteiger partial charge in [0, 0.05) is 19.0 Å². The first-order chi connectivity index (χ1) is 10.2. The van der Waals surface area contributed by atoms with Crippen LogP contribution in [-0.4, -0.2) is 17.6 Å². The molecule has 0 saturated heterocycles. The van der Waals surface area contributed by atoms with Crippen LogP contribution >= 0.6 is 0 Å². The van der Waals surface area contributed by atoms with Gasteiger partial charge in [0.15, 0.2) is 0 Å². The average molecular weight is 279 g/mol. The lowest BCUT2D eigenvalue weighted by Crippen LogP contribution is -2.35. The SMILES string of the molecule is O=C1CCc2ccc(O)cc2N1CC=Cc1ccccc1. The number of aryl methyl sites for hydroxylation is 1. The van der Waals surface area contributed by atoms with Crippen molar-refractivity contribution in [3.63, 3.8) is 0 Å². The quantitative estimate of drug-likeness (QED) is 0.935. The minimum absolute atomic E-state index is 0.103. The smallest absolute Gasteiger partial charge is 0.227 e. The number of rotatable bonds is 3. The van der Waals surface area contributed by atoms with E-state index in [-0.39, 0.29) is 11.7 Å². The third-order valence-corrected chi connectivity index (χ3v) is 3.67. The molecule has 1 amide bonds. The number of phenols is 1. The monoisotopic (exact) mass is 279 g/mol. The van der Waals surface area contributed by atoms with E-state index in [0.29, 0.717) is 13.0 Å². The number of carbonyl (C=O) groups excluding carboxylic acids is 1. The number of carbonyl (C=O) groups is 1. The molecule has 0 aliphatic carbocycles. The van der Waals surface area contributed by atoms with E-state index in [1.54, 1.807) is 17.0 Å². The van der Waals surface area contributed by atoms with Gasteiger partial charge in [-0.3, -0.25) is 4.79 Å². The second kappa shape index (κ2) is 5.83. The Morgan fingerprint density at radius 3 is 2.71 bits per heavy atom. The van der Waals surface area contributed by atoms with Gasteiger partial charge in [-0.15, -0.1) is 0 Å². The molecule has 0 atom stereocenters. The largest absolute Gasteiger partial charge is 0.508 e. The fourth-order valence-electron chi connectivity index (χ4n) is 2.58. The molecule has 0 unspecified atom stereocenters. The van der Waals surface area contributed by atoms with Crippen molar-refractivity contribution in [3.05, 3.63) is 65.7 Å². The summed E-state index contributed by atoms with van der Waals surface area (Å²) in [6.07, 6.45) is 5.25. The number of nitrogens with zero attached hydrogens (tertiary/aromatic N) is 1. The Kier molecular flexibility index (Phi) is 3.73. The summed E-state index contributed by atoms with van der Waals surface area (Å²) >= 11 is 0. The molecule has 1 aliphatic heterocycles. The van der Waals surface area contributed by atoms with E-state index in [4.69, 9.17) is 0 Å². The van der Waals surface area contributed by atoms with Crippen LogP contribution in [0.3, 0.4) is 0 Å². The maximum atomic E-state index is 12.1. The zero-order valence-electron chi connectivity index (χ0n) is 11.7. The minimum atomic E-state index is 0.103. The van der Waals surface area contributed by atoms with Crippen molar-refractivity contribution in [1.82, 2.24) is 0 Å². The molecular formula is C18H17NO2. The van der Waals surface area contributed by atoms with Crippen LogP contribution < -0.4 is 4.90 Å². The first-order valence-electron chi connectivity index (χ1n) is 7.08. The van der Waals surface area contributed by atoms with Gasteiger partial charge in [-0.2, -0.15) is 0 Å². The molecule has 3 nitrogen and oxygen atoms in total. The molecule has 106 valence electrons. The molecule has 0 radical (unpaired) electrons. The fourth-order valence-corrected chi connectivity index (χ4v) is 2.58. The van der Waals surface area contributed by atoms with Gasteiger partial charge in [0.1, 0.15) is 5.75 Å². The highest BCUT2D eigenvalue weighted by molar-refractivity contribution is 5.97. The van der Waals surface area contributed by atoms with Crippen LogP contribution in [0.1, 0.15) is 17.5 Å². The van der Waals surface area contributed by atoms with Crippen molar-refractivity contribution in [2.24, 2.45) is 0 Å². The van der Waals surface area contributed by atoms with Crippen LogP contribution in [-0.2, 0) is 11.2 Å². The number of aromatic hydroxyl groups is 1. The Labute approximate surface area is 124 Å². The Hall–Kier alpha value is -2.55. The molecule has 2 aromatic rings. The molecule has 2 aromatic carbocycles. The van der Waals surface area contributed by atoms with E-state index in [9.17, 15) is 9.90 Å². The van der Waals surface area contributed by atoms with E-state index in [1.807, 2.05) is 48.6 Å². The number of hydrogen-bond acceptors (Lipinski definition) is 2. The second-order valence-corrected chi connectivity index (χ2v) is 5.13. The van der Waals surface area contributed by atoms with Gasteiger partial charge in [0.25, 0.3) is 0 Å². The predicted octanol–water partition coefficient (Wildman–Crippen LogP) is 3.38. The van der Waals surface area contributed by atoms with Gasteiger partial charge in [0.05, 0.1) is 5.69 Å². The third-order valence-electron chi connectivity index (χ3n) is 3.67.